The highest BCUT2D eigenvalue weighted by molar-refractivity contribution is 5.71. The Balaban J connectivity index is 4.06. The molecule has 0 spiro atoms. The third-order valence-electron chi connectivity index (χ3n) is 15.5. The normalized spacial score (nSPS) is 13.3. The number of carboxylic acid groups (broad SMARTS) is 1. The lowest BCUT2D eigenvalue weighted by atomic mass is 10.0. The van der Waals surface area contributed by atoms with E-state index in [1.165, 1.54) is 199 Å². The van der Waals surface area contributed by atoms with Crippen LogP contribution >= 0.6 is 0 Å². The van der Waals surface area contributed by atoms with Crippen molar-refractivity contribution in [3.63, 3.8) is 0 Å². The fourth-order valence-corrected chi connectivity index (χ4v) is 10.0. The third kappa shape index (κ3) is 69.3. The molecule has 0 aliphatic carbocycles. The standard InChI is InChI=1S/C78H135NO8/c1-6-8-10-12-14-16-18-20-22-24-26-28-30-31-32-33-34-35-36-37-38-39-40-41-42-43-44-45-47-48-50-52-54-56-58-60-62-64-66-68-75(80)85-72-74(73-86-78(77(82)83)84-71-70-79(3,4)5)87-76(81)69-67-65-63-61-59-57-55-53-51-49-46-29-27-25-23-21-19-17-15-13-11-9-7-2/h9,11,15,17-18,20-21,23-24,26-27,29,49,51,55,57,61,63,74,78H,6-8,10,12-14,16,19,22,25,28,30-48,50,52-54,56,58-60,62,64-73H2,1-5H3/p+1/b11-9-,17-15-,20-18-,23-21-,26-24-,29-27-,51-49-,57-55-,63-61-. The molecule has 0 aliphatic rings. The smallest absolute Gasteiger partial charge is 0.361 e. The summed E-state index contributed by atoms with van der Waals surface area (Å²) in [7, 11) is 5.95. The van der Waals surface area contributed by atoms with Crippen LogP contribution in [0.3, 0.4) is 0 Å². The molecule has 500 valence electrons. The molecule has 0 saturated carbocycles. The summed E-state index contributed by atoms with van der Waals surface area (Å²) in [6.07, 6.45) is 92.4. The maximum absolute atomic E-state index is 12.9. The van der Waals surface area contributed by atoms with Crippen LogP contribution in [-0.4, -0.2) is 87.4 Å². The van der Waals surface area contributed by atoms with Gasteiger partial charge in [-0.3, -0.25) is 9.59 Å². The number of likely N-dealkylation sites (N-methyl/N-ethyl adjacent to an activating group) is 1. The van der Waals surface area contributed by atoms with E-state index in [4.69, 9.17) is 18.9 Å². The molecule has 0 fully saturated rings. The van der Waals surface area contributed by atoms with E-state index in [0.717, 1.165) is 70.6 Å². The van der Waals surface area contributed by atoms with Crippen molar-refractivity contribution in [3.8, 4) is 0 Å². The van der Waals surface area contributed by atoms with Crippen molar-refractivity contribution in [2.45, 2.75) is 322 Å². The average molecular weight is 1220 g/mol. The molecule has 0 amide bonds. The van der Waals surface area contributed by atoms with Crippen LogP contribution in [0, 0.1) is 0 Å². The zero-order chi connectivity index (χ0) is 63.3. The fraction of sp³-hybridized carbons (Fsp3) is 0.731. The first-order valence-electron chi connectivity index (χ1n) is 36.1. The summed E-state index contributed by atoms with van der Waals surface area (Å²) in [6.45, 7) is 4.70. The van der Waals surface area contributed by atoms with Gasteiger partial charge in [-0.1, -0.05) is 309 Å². The molecule has 0 rings (SSSR count). The molecule has 9 heteroatoms. The summed E-state index contributed by atoms with van der Waals surface area (Å²) in [5.41, 5.74) is 0. The van der Waals surface area contributed by atoms with Gasteiger partial charge in [0.25, 0.3) is 6.29 Å². The molecule has 0 radical (unpaired) electrons. The summed E-state index contributed by atoms with van der Waals surface area (Å²) in [5, 5.41) is 9.73. The molecule has 0 aromatic heterocycles. The first-order chi connectivity index (χ1) is 42.6. The van der Waals surface area contributed by atoms with Crippen molar-refractivity contribution in [1.29, 1.82) is 0 Å². The fourth-order valence-electron chi connectivity index (χ4n) is 10.0. The zero-order valence-corrected chi connectivity index (χ0v) is 57.2. The second kappa shape index (κ2) is 67.9. The molecule has 1 N–H and O–H groups in total. The number of hydrogen-bond donors (Lipinski definition) is 1. The molecule has 0 heterocycles. The number of nitrogens with zero attached hydrogens (tertiary/aromatic N) is 1. The van der Waals surface area contributed by atoms with E-state index in [1.807, 2.05) is 21.1 Å². The van der Waals surface area contributed by atoms with Gasteiger partial charge in [-0.2, -0.15) is 0 Å². The predicted octanol–water partition coefficient (Wildman–Crippen LogP) is 22.6. The molecular formula is C78H136NO8+. The Bertz CT molecular complexity index is 1800. The molecule has 9 nitrogen and oxygen atoms in total. The van der Waals surface area contributed by atoms with Gasteiger partial charge in [0.15, 0.2) is 6.10 Å². The summed E-state index contributed by atoms with van der Waals surface area (Å²) in [5.74, 6) is -2.08. The first kappa shape index (κ1) is 83.0. The van der Waals surface area contributed by atoms with Crippen LogP contribution < -0.4 is 0 Å². The van der Waals surface area contributed by atoms with Gasteiger partial charge in [0.05, 0.1) is 34.4 Å². The molecule has 0 aliphatic heterocycles. The van der Waals surface area contributed by atoms with Crippen LogP contribution in [0.15, 0.2) is 109 Å². The SMILES string of the molecule is CC/C=C\C/C=C\C/C=C\C/C=C\C/C=C\C/C=C\C/C=C\CCCC(=O)OC(COC(=O)CCCCCCCCCCCCCCCCCCCCCCCCCCCCC/C=C\C/C=C\CCCCCCC)COC(OCC[N+](C)(C)C)C(=O)O. The highest BCUT2D eigenvalue weighted by Crippen LogP contribution is 2.18. The number of quaternary nitrogens is 1. The number of carbonyl (C=O) groups excluding carboxylic acids is 2. The van der Waals surface area contributed by atoms with Crippen LogP contribution in [0.2, 0.25) is 0 Å². The summed E-state index contributed by atoms with van der Waals surface area (Å²) in [4.78, 5) is 37.6. The Morgan fingerprint density at radius 2 is 0.667 bits per heavy atom. The van der Waals surface area contributed by atoms with Crippen molar-refractivity contribution in [2.75, 3.05) is 47.5 Å². The number of carboxylic acids is 1. The highest BCUT2D eigenvalue weighted by atomic mass is 16.7. The highest BCUT2D eigenvalue weighted by Gasteiger charge is 2.25. The van der Waals surface area contributed by atoms with Crippen LogP contribution in [0.5, 0.6) is 0 Å². The summed E-state index contributed by atoms with van der Waals surface area (Å²) >= 11 is 0. The Kier molecular flexibility index (Phi) is 64.7. The second-order valence-corrected chi connectivity index (χ2v) is 25.2. The minimum absolute atomic E-state index is 0.173. The van der Waals surface area contributed by atoms with Gasteiger partial charge in [-0.05, 0) is 96.3 Å². The lowest BCUT2D eigenvalue weighted by molar-refractivity contribution is -0.870. The Hall–Kier alpha value is -4.05. The Morgan fingerprint density at radius 1 is 0.356 bits per heavy atom. The maximum Gasteiger partial charge on any atom is 0.361 e. The maximum atomic E-state index is 12.9. The number of esters is 2. The van der Waals surface area contributed by atoms with Crippen LogP contribution in [-0.2, 0) is 33.3 Å². The van der Waals surface area contributed by atoms with E-state index < -0.39 is 24.3 Å². The van der Waals surface area contributed by atoms with Gasteiger partial charge in [-0.15, -0.1) is 0 Å². The number of unbranched alkanes of at least 4 members (excludes halogenated alkanes) is 33. The van der Waals surface area contributed by atoms with Crippen molar-refractivity contribution in [3.05, 3.63) is 109 Å². The van der Waals surface area contributed by atoms with Crippen LogP contribution in [0.25, 0.3) is 0 Å². The van der Waals surface area contributed by atoms with Crippen LogP contribution in [0.1, 0.15) is 309 Å². The quantitative estimate of drug-likeness (QED) is 0.0211. The topological polar surface area (TPSA) is 108 Å². The van der Waals surface area contributed by atoms with Gasteiger partial charge >= 0.3 is 17.9 Å². The Morgan fingerprint density at radius 3 is 1.01 bits per heavy atom. The number of ether oxygens (including phenoxy) is 4. The zero-order valence-electron chi connectivity index (χ0n) is 57.2. The van der Waals surface area contributed by atoms with E-state index in [2.05, 4.69) is 123 Å². The molecule has 0 aromatic carbocycles. The second-order valence-electron chi connectivity index (χ2n) is 25.2. The Labute approximate surface area is 536 Å². The largest absolute Gasteiger partial charge is 0.477 e. The van der Waals surface area contributed by atoms with E-state index in [0.29, 0.717) is 23.9 Å². The molecule has 2 unspecified atom stereocenters. The van der Waals surface area contributed by atoms with Crippen molar-refractivity contribution < 1.29 is 42.9 Å². The number of aliphatic carboxylic acids is 1. The average Bonchev–Trinajstić information content (AvgIpc) is 3.50. The van der Waals surface area contributed by atoms with E-state index in [1.54, 1.807) is 0 Å². The molecule has 2 atom stereocenters. The van der Waals surface area contributed by atoms with Gasteiger partial charge in [0.1, 0.15) is 13.2 Å². The summed E-state index contributed by atoms with van der Waals surface area (Å²) in [6, 6.07) is 0. The van der Waals surface area contributed by atoms with Gasteiger partial charge in [0.2, 0.25) is 0 Å². The summed E-state index contributed by atoms with van der Waals surface area (Å²) < 4.78 is 22.9. The first-order valence-corrected chi connectivity index (χ1v) is 36.1. The van der Waals surface area contributed by atoms with Gasteiger partial charge in [-0.25, -0.2) is 4.79 Å². The monoisotopic (exact) mass is 1220 g/mol. The van der Waals surface area contributed by atoms with Crippen molar-refractivity contribution in [2.24, 2.45) is 0 Å². The molecule has 0 aromatic rings. The van der Waals surface area contributed by atoms with E-state index in [9.17, 15) is 19.5 Å². The van der Waals surface area contributed by atoms with Crippen LogP contribution in [0.4, 0.5) is 0 Å². The molecule has 0 bridgehead atoms. The molecule has 87 heavy (non-hydrogen) atoms. The minimum atomic E-state index is -1.53. The van der Waals surface area contributed by atoms with Crippen molar-refractivity contribution >= 4 is 17.9 Å². The lowest BCUT2D eigenvalue weighted by Crippen LogP contribution is -2.40. The lowest BCUT2D eigenvalue weighted by Gasteiger charge is -2.25. The molecular weight excluding hydrogens is 1080 g/mol. The van der Waals surface area contributed by atoms with Crippen molar-refractivity contribution in [1.82, 2.24) is 0 Å². The van der Waals surface area contributed by atoms with E-state index in [-0.39, 0.29) is 38.6 Å². The number of carbonyl (C=O) groups is 3. The number of allylic oxidation sites excluding steroid dienone is 18. The number of hydrogen-bond acceptors (Lipinski definition) is 7. The third-order valence-corrected chi connectivity index (χ3v) is 15.5. The molecule has 0 saturated heterocycles. The van der Waals surface area contributed by atoms with E-state index >= 15 is 0 Å². The van der Waals surface area contributed by atoms with Gasteiger partial charge in [0, 0.05) is 12.8 Å². The number of rotatable bonds is 66. The minimum Gasteiger partial charge on any atom is -0.477 e. The predicted molar refractivity (Wildman–Crippen MR) is 373 cm³/mol. The van der Waals surface area contributed by atoms with Gasteiger partial charge < -0.3 is 28.5 Å².